The molecule has 4 nitrogen and oxygen atoms in total. The van der Waals surface area contributed by atoms with Crippen LogP contribution in [0.25, 0.3) is 0 Å². The number of carbonyl (C=O) groups is 1. The fraction of sp³-hybridized carbons (Fsp3) is 0.867. The standard InChI is InChI=1S/C15H27N3OS/c1-2-8-17-9-11-18(12-10-17)14(19)15(13(16)20)6-4-3-5-7-15/h2-12H2,1H3,(H2,16,20). The zero-order valence-corrected chi connectivity index (χ0v) is 13.4. The Morgan fingerprint density at radius 1 is 1.15 bits per heavy atom. The second-order valence-corrected chi connectivity index (χ2v) is 6.58. The lowest BCUT2D eigenvalue weighted by Gasteiger charge is -2.42. The number of piperazine rings is 1. The van der Waals surface area contributed by atoms with E-state index in [1.807, 2.05) is 4.90 Å². The summed E-state index contributed by atoms with van der Waals surface area (Å²) in [5.74, 6) is 0.195. The minimum absolute atomic E-state index is 0.195. The molecule has 0 aromatic rings. The first kappa shape index (κ1) is 15.7. The number of hydrogen-bond donors (Lipinski definition) is 1. The van der Waals surface area contributed by atoms with E-state index in [0.717, 1.165) is 58.4 Å². The molecular formula is C15H27N3OS. The Hall–Kier alpha value is -0.680. The van der Waals surface area contributed by atoms with Crippen molar-refractivity contribution in [2.75, 3.05) is 32.7 Å². The van der Waals surface area contributed by atoms with E-state index < -0.39 is 5.41 Å². The van der Waals surface area contributed by atoms with E-state index in [-0.39, 0.29) is 5.91 Å². The van der Waals surface area contributed by atoms with Crippen molar-refractivity contribution in [2.45, 2.75) is 45.4 Å². The molecule has 0 bridgehead atoms. The minimum Gasteiger partial charge on any atom is -0.392 e. The van der Waals surface area contributed by atoms with E-state index in [2.05, 4.69) is 11.8 Å². The lowest BCUT2D eigenvalue weighted by molar-refractivity contribution is -0.141. The first-order valence-electron chi connectivity index (χ1n) is 7.92. The Labute approximate surface area is 127 Å². The van der Waals surface area contributed by atoms with E-state index in [0.29, 0.717) is 4.99 Å². The van der Waals surface area contributed by atoms with Crippen molar-refractivity contribution >= 4 is 23.1 Å². The summed E-state index contributed by atoms with van der Waals surface area (Å²) in [6, 6.07) is 0. The smallest absolute Gasteiger partial charge is 0.235 e. The molecule has 2 fully saturated rings. The van der Waals surface area contributed by atoms with Gasteiger partial charge in [0.05, 0.1) is 10.4 Å². The van der Waals surface area contributed by atoms with Crippen molar-refractivity contribution in [3.63, 3.8) is 0 Å². The zero-order valence-electron chi connectivity index (χ0n) is 12.6. The van der Waals surface area contributed by atoms with Gasteiger partial charge in [0.25, 0.3) is 0 Å². The van der Waals surface area contributed by atoms with Crippen molar-refractivity contribution in [3.05, 3.63) is 0 Å². The number of amides is 1. The Morgan fingerprint density at radius 3 is 2.25 bits per heavy atom. The number of carbonyl (C=O) groups excluding carboxylic acids is 1. The molecule has 1 saturated carbocycles. The summed E-state index contributed by atoms with van der Waals surface area (Å²) in [4.78, 5) is 17.8. The van der Waals surface area contributed by atoms with Gasteiger partial charge in [0.2, 0.25) is 5.91 Å². The average molecular weight is 297 g/mol. The molecule has 114 valence electrons. The molecule has 0 atom stereocenters. The first-order valence-corrected chi connectivity index (χ1v) is 8.32. The van der Waals surface area contributed by atoms with E-state index in [1.165, 1.54) is 12.8 Å². The number of rotatable bonds is 4. The van der Waals surface area contributed by atoms with E-state index >= 15 is 0 Å². The summed E-state index contributed by atoms with van der Waals surface area (Å²) in [5, 5.41) is 0. The highest BCUT2D eigenvalue weighted by molar-refractivity contribution is 7.80. The van der Waals surface area contributed by atoms with Gasteiger partial charge >= 0.3 is 0 Å². The van der Waals surface area contributed by atoms with Gasteiger partial charge in [0, 0.05) is 26.2 Å². The van der Waals surface area contributed by atoms with Crippen molar-refractivity contribution in [3.8, 4) is 0 Å². The molecule has 0 spiro atoms. The van der Waals surface area contributed by atoms with Crippen LogP contribution in [-0.4, -0.2) is 53.4 Å². The van der Waals surface area contributed by atoms with Gasteiger partial charge < -0.3 is 10.6 Å². The molecule has 2 N–H and O–H groups in total. The Balaban J connectivity index is 2.00. The topological polar surface area (TPSA) is 49.6 Å². The molecule has 0 aromatic heterocycles. The highest BCUT2D eigenvalue weighted by Gasteiger charge is 2.45. The van der Waals surface area contributed by atoms with Gasteiger partial charge in [0.15, 0.2) is 0 Å². The van der Waals surface area contributed by atoms with Crippen LogP contribution in [0.1, 0.15) is 45.4 Å². The molecule has 5 heteroatoms. The van der Waals surface area contributed by atoms with Gasteiger partial charge in [-0.3, -0.25) is 9.69 Å². The van der Waals surface area contributed by atoms with Crippen LogP contribution < -0.4 is 5.73 Å². The largest absolute Gasteiger partial charge is 0.392 e. The molecule has 1 aliphatic carbocycles. The van der Waals surface area contributed by atoms with Crippen LogP contribution in [0.3, 0.4) is 0 Å². The third-order valence-electron chi connectivity index (χ3n) is 4.79. The molecule has 1 amide bonds. The molecule has 0 unspecified atom stereocenters. The second-order valence-electron chi connectivity index (χ2n) is 6.14. The molecule has 1 aliphatic heterocycles. The van der Waals surface area contributed by atoms with Crippen molar-refractivity contribution in [1.29, 1.82) is 0 Å². The number of nitrogens with zero attached hydrogens (tertiary/aromatic N) is 2. The van der Waals surface area contributed by atoms with Gasteiger partial charge in [-0.05, 0) is 25.8 Å². The predicted molar refractivity (Wildman–Crippen MR) is 85.6 cm³/mol. The van der Waals surface area contributed by atoms with Crippen molar-refractivity contribution < 1.29 is 4.79 Å². The van der Waals surface area contributed by atoms with Crippen molar-refractivity contribution in [1.82, 2.24) is 9.80 Å². The Morgan fingerprint density at radius 2 is 1.75 bits per heavy atom. The Kier molecular flexibility index (Phi) is 5.38. The van der Waals surface area contributed by atoms with E-state index in [1.54, 1.807) is 0 Å². The number of thiocarbonyl (C=S) groups is 1. The third-order valence-corrected chi connectivity index (χ3v) is 5.18. The molecule has 0 radical (unpaired) electrons. The van der Waals surface area contributed by atoms with Gasteiger partial charge in [-0.2, -0.15) is 0 Å². The van der Waals surface area contributed by atoms with Gasteiger partial charge in [-0.15, -0.1) is 0 Å². The normalized spacial score (nSPS) is 23.6. The molecule has 1 saturated heterocycles. The molecular weight excluding hydrogens is 270 g/mol. The second kappa shape index (κ2) is 6.85. The lowest BCUT2D eigenvalue weighted by Crippen LogP contribution is -2.56. The number of hydrogen-bond acceptors (Lipinski definition) is 3. The quantitative estimate of drug-likeness (QED) is 0.804. The fourth-order valence-electron chi connectivity index (χ4n) is 3.51. The highest BCUT2D eigenvalue weighted by Crippen LogP contribution is 2.38. The summed E-state index contributed by atoms with van der Waals surface area (Å²) in [6.07, 6.45) is 6.19. The van der Waals surface area contributed by atoms with Crippen LogP contribution in [0.2, 0.25) is 0 Å². The minimum atomic E-state index is -0.541. The number of nitrogens with two attached hydrogens (primary N) is 1. The van der Waals surface area contributed by atoms with Crippen LogP contribution in [0.5, 0.6) is 0 Å². The van der Waals surface area contributed by atoms with Crippen LogP contribution >= 0.6 is 12.2 Å². The van der Waals surface area contributed by atoms with Gasteiger partial charge in [0.1, 0.15) is 0 Å². The SMILES string of the molecule is CCCN1CCN(C(=O)C2(C(N)=S)CCCCC2)CC1. The maximum atomic E-state index is 12.9. The van der Waals surface area contributed by atoms with Crippen LogP contribution in [0.15, 0.2) is 0 Å². The Bertz CT molecular complexity index is 358. The molecule has 2 rings (SSSR count). The fourth-order valence-corrected chi connectivity index (χ4v) is 3.81. The monoisotopic (exact) mass is 297 g/mol. The average Bonchev–Trinajstić information content (AvgIpc) is 2.48. The molecule has 20 heavy (non-hydrogen) atoms. The lowest BCUT2D eigenvalue weighted by atomic mass is 9.72. The molecule has 0 aromatic carbocycles. The highest BCUT2D eigenvalue weighted by atomic mass is 32.1. The van der Waals surface area contributed by atoms with E-state index in [4.69, 9.17) is 18.0 Å². The van der Waals surface area contributed by atoms with Crippen LogP contribution in [-0.2, 0) is 4.79 Å². The zero-order chi connectivity index (χ0) is 14.6. The predicted octanol–water partition coefficient (Wildman–Crippen LogP) is 1.78. The molecule has 2 aliphatic rings. The van der Waals surface area contributed by atoms with E-state index in [9.17, 15) is 4.79 Å². The van der Waals surface area contributed by atoms with Gasteiger partial charge in [-0.25, -0.2) is 0 Å². The van der Waals surface area contributed by atoms with Crippen LogP contribution in [0, 0.1) is 5.41 Å². The summed E-state index contributed by atoms with van der Waals surface area (Å²) in [7, 11) is 0. The summed E-state index contributed by atoms with van der Waals surface area (Å²) < 4.78 is 0. The summed E-state index contributed by atoms with van der Waals surface area (Å²) in [5.41, 5.74) is 5.42. The van der Waals surface area contributed by atoms with Gasteiger partial charge in [-0.1, -0.05) is 38.4 Å². The first-order chi connectivity index (χ1) is 9.60. The summed E-state index contributed by atoms with van der Waals surface area (Å²) >= 11 is 5.26. The summed E-state index contributed by atoms with van der Waals surface area (Å²) in [6.45, 7) is 6.93. The third kappa shape index (κ3) is 3.14. The van der Waals surface area contributed by atoms with Crippen molar-refractivity contribution in [2.24, 2.45) is 11.1 Å². The van der Waals surface area contributed by atoms with Crippen LogP contribution in [0.4, 0.5) is 0 Å². The maximum absolute atomic E-state index is 12.9. The molecule has 1 heterocycles. The maximum Gasteiger partial charge on any atom is 0.235 e.